The van der Waals surface area contributed by atoms with Crippen molar-refractivity contribution in [3.8, 4) is 11.5 Å². The molecule has 0 unspecified atom stereocenters. The van der Waals surface area contributed by atoms with Gasteiger partial charge in [0.05, 0.1) is 41.5 Å². The van der Waals surface area contributed by atoms with E-state index in [1.165, 1.54) is 16.7 Å². The molecule has 2 aromatic carbocycles. The van der Waals surface area contributed by atoms with E-state index in [0.717, 1.165) is 10.0 Å². The van der Waals surface area contributed by atoms with E-state index >= 15 is 0 Å². The van der Waals surface area contributed by atoms with E-state index in [1.807, 2.05) is 6.07 Å². The van der Waals surface area contributed by atoms with Crippen molar-refractivity contribution in [2.24, 2.45) is 4.99 Å². The Morgan fingerprint density at radius 1 is 1.19 bits per heavy atom. The first-order chi connectivity index (χ1) is 14.9. The number of benzene rings is 2. The Bertz CT molecular complexity index is 1080. The van der Waals surface area contributed by atoms with E-state index in [2.05, 4.69) is 20.9 Å². The van der Waals surface area contributed by atoms with E-state index in [1.54, 1.807) is 64.6 Å². The van der Waals surface area contributed by atoms with E-state index in [0.29, 0.717) is 39.4 Å². The molecule has 2 aromatic rings. The highest BCUT2D eigenvalue weighted by atomic mass is 79.9. The molecule has 1 fully saturated rings. The number of rotatable bonds is 6. The van der Waals surface area contributed by atoms with Crippen molar-refractivity contribution in [3.63, 3.8) is 0 Å². The molecule has 31 heavy (non-hydrogen) atoms. The maximum atomic E-state index is 12.8. The fourth-order valence-electron chi connectivity index (χ4n) is 2.82. The van der Waals surface area contributed by atoms with Crippen LogP contribution in [0.15, 0.2) is 50.8 Å². The largest absolute Gasteiger partial charge is 0.496 e. The predicted molar refractivity (Wildman–Crippen MR) is 125 cm³/mol. The zero-order valence-electron chi connectivity index (χ0n) is 17.5. The molecule has 9 heteroatoms. The smallest absolute Gasteiger partial charge is 0.338 e. The number of aliphatic imine (C=N–C) groups is 1. The molecule has 1 saturated heterocycles. The number of hydrogen-bond donors (Lipinski definition) is 0. The highest BCUT2D eigenvalue weighted by Gasteiger charge is 2.30. The second-order valence-electron chi connectivity index (χ2n) is 6.37. The number of nitrogens with zero attached hydrogens (tertiary/aromatic N) is 2. The zero-order valence-corrected chi connectivity index (χ0v) is 19.9. The number of thioether (sulfide) groups is 1. The van der Waals surface area contributed by atoms with Crippen LogP contribution in [0.2, 0.25) is 0 Å². The van der Waals surface area contributed by atoms with Crippen LogP contribution in [0.25, 0.3) is 6.08 Å². The van der Waals surface area contributed by atoms with Crippen LogP contribution in [-0.2, 0) is 9.53 Å². The molecule has 0 aromatic heterocycles. The quantitative estimate of drug-likeness (QED) is 0.412. The molecular weight excluding hydrogens is 484 g/mol. The molecule has 1 amide bonds. The number of halogens is 1. The van der Waals surface area contributed by atoms with Crippen LogP contribution in [0.1, 0.15) is 22.8 Å². The molecule has 0 radical (unpaired) electrons. The number of carbonyl (C=O) groups is 2. The van der Waals surface area contributed by atoms with Crippen molar-refractivity contribution >= 4 is 56.5 Å². The topological polar surface area (TPSA) is 77.4 Å². The third-order valence-corrected chi connectivity index (χ3v) is 6.06. The summed E-state index contributed by atoms with van der Waals surface area (Å²) in [5.41, 5.74) is 1.69. The highest BCUT2D eigenvalue weighted by molar-refractivity contribution is 9.10. The Labute approximate surface area is 193 Å². The summed E-state index contributed by atoms with van der Waals surface area (Å²) in [6.45, 7) is 2.05. The number of esters is 1. The van der Waals surface area contributed by atoms with Gasteiger partial charge >= 0.3 is 5.97 Å². The minimum atomic E-state index is -0.411. The Morgan fingerprint density at radius 2 is 1.94 bits per heavy atom. The standard InChI is InChI=1S/C22H21BrN2O5S/c1-5-30-21(27)13-7-6-8-15(9-13)24-22-25(2)20(26)19(31-22)11-14-10-16(23)18(29-4)12-17(14)28-3/h6-12H,5H2,1-4H3. The van der Waals surface area contributed by atoms with Crippen LogP contribution in [0.4, 0.5) is 5.69 Å². The normalized spacial score (nSPS) is 16.2. The van der Waals surface area contributed by atoms with E-state index in [-0.39, 0.29) is 5.91 Å². The summed E-state index contributed by atoms with van der Waals surface area (Å²) in [7, 11) is 4.79. The van der Waals surface area contributed by atoms with Crippen LogP contribution in [0.5, 0.6) is 11.5 Å². The lowest BCUT2D eigenvalue weighted by Crippen LogP contribution is -2.23. The second kappa shape index (κ2) is 10.0. The molecule has 1 aliphatic heterocycles. The molecular formula is C22H21BrN2O5S. The van der Waals surface area contributed by atoms with Gasteiger partial charge in [0.2, 0.25) is 0 Å². The highest BCUT2D eigenvalue weighted by Crippen LogP contribution is 2.38. The molecule has 0 aliphatic carbocycles. The average molecular weight is 505 g/mol. The minimum Gasteiger partial charge on any atom is -0.496 e. The van der Waals surface area contributed by atoms with Crippen LogP contribution >= 0.6 is 27.7 Å². The summed E-state index contributed by atoms with van der Waals surface area (Å²) in [5.74, 6) is 0.617. The van der Waals surface area contributed by atoms with Gasteiger partial charge in [-0.15, -0.1) is 0 Å². The van der Waals surface area contributed by atoms with Gasteiger partial charge in [0, 0.05) is 18.7 Å². The van der Waals surface area contributed by atoms with E-state index in [4.69, 9.17) is 14.2 Å². The summed E-state index contributed by atoms with van der Waals surface area (Å²) in [6, 6.07) is 10.4. The van der Waals surface area contributed by atoms with Gasteiger partial charge in [0.1, 0.15) is 11.5 Å². The molecule has 1 aliphatic rings. The molecule has 0 spiro atoms. The van der Waals surface area contributed by atoms with Gasteiger partial charge in [-0.3, -0.25) is 9.69 Å². The maximum absolute atomic E-state index is 12.8. The molecule has 0 N–H and O–H groups in total. The van der Waals surface area contributed by atoms with Crippen LogP contribution in [0.3, 0.4) is 0 Å². The zero-order chi connectivity index (χ0) is 22.5. The second-order valence-corrected chi connectivity index (χ2v) is 8.23. The average Bonchev–Trinajstić information content (AvgIpc) is 3.02. The number of amidine groups is 1. The SMILES string of the molecule is CCOC(=O)c1cccc(N=C2SC(=Cc3cc(Br)c(OC)cc3OC)C(=O)N2C)c1. The van der Waals surface area contributed by atoms with Gasteiger partial charge in [-0.05, 0) is 65.0 Å². The van der Waals surface area contributed by atoms with Crippen LogP contribution < -0.4 is 9.47 Å². The lowest BCUT2D eigenvalue weighted by Gasteiger charge is -2.10. The third-order valence-electron chi connectivity index (χ3n) is 4.38. The van der Waals surface area contributed by atoms with Crippen molar-refractivity contribution in [2.75, 3.05) is 27.9 Å². The third kappa shape index (κ3) is 5.11. The molecule has 3 rings (SSSR count). The maximum Gasteiger partial charge on any atom is 0.338 e. The first-order valence-electron chi connectivity index (χ1n) is 9.33. The van der Waals surface area contributed by atoms with Gasteiger partial charge in [-0.1, -0.05) is 6.07 Å². The number of hydrogen-bond acceptors (Lipinski definition) is 7. The Balaban J connectivity index is 1.92. The number of methoxy groups -OCH3 is 2. The molecule has 1 heterocycles. The van der Waals surface area contributed by atoms with Crippen molar-refractivity contribution in [2.45, 2.75) is 6.92 Å². The van der Waals surface area contributed by atoms with Gasteiger partial charge in [-0.2, -0.15) is 0 Å². The molecule has 0 bridgehead atoms. The fraction of sp³-hybridized carbons (Fsp3) is 0.227. The van der Waals surface area contributed by atoms with Crippen molar-refractivity contribution in [1.82, 2.24) is 4.90 Å². The number of amides is 1. The first-order valence-corrected chi connectivity index (χ1v) is 10.9. The predicted octanol–water partition coefficient (Wildman–Crippen LogP) is 4.88. The number of carbonyl (C=O) groups excluding carboxylic acids is 2. The summed E-state index contributed by atoms with van der Waals surface area (Å²) < 4.78 is 16.5. The van der Waals surface area contributed by atoms with E-state index < -0.39 is 5.97 Å². The van der Waals surface area contributed by atoms with E-state index in [9.17, 15) is 9.59 Å². The number of ether oxygens (including phenoxy) is 3. The van der Waals surface area contributed by atoms with Crippen LogP contribution in [-0.4, -0.2) is 49.8 Å². The Morgan fingerprint density at radius 3 is 2.61 bits per heavy atom. The minimum absolute atomic E-state index is 0.181. The summed E-state index contributed by atoms with van der Waals surface area (Å²) in [6.07, 6.45) is 1.75. The summed E-state index contributed by atoms with van der Waals surface area (Å²) >= 11 is 4.70. The van der Waals surface area contributed by atoms with Gasteiger partial charge in [-0.25, -0.2) is 9.79 Å². The summed E-state index contributed by atoms with van der Waals surface area (Å²) in [4.78, 5) is 31.3. The molecule has 0 atom stereocenters. The lowest BCUT2D eigenvalue weighted by molar-refractivity contribution is -0.121. The Hall–Kier alpha value is -2.78. The monoisotopic (exact) mass is 504 g/mol. The fourth-order valence-corrected chi connectivity index (χ4v) is 4.32. The van der Waals surface area contributed by atoms with Crippen LogP contribution in [0, 0.1) is 0 Å². The van der Waals surface area contributed by atoms with Crippen molar-refractivity contribution in [3.05, 3.63) is 56.9 Å². The van der Waals surface area contributed by atoms with Gasteiger partial charge in [0.25, 0.3) is 5.91 Å². The van der Waals surface area contributed by atoms with Gasteiger partial charge < -0.3 is 14.2 Å². The lowest BCUT2D eigenvalue weighted by atomic mass is 10.1. The number of likely N-dealkylation sites (N-methyl/N-ethyl adjacent to an activating group) is 1. The molecule has 0 saturated carbocycles. The first kappa shape index (κ1) is 22.9. The van der Waals surface area contributed by atoms with Crippen molar-refractivity contribution < 1.29 is 23.8 Å². The summed E-state index contributed by atoms with van der Waals surface area (Å²) in [5, 5.41) is 0.504. The molecule has 162 valence electrons. The van der Waals surface area contributed by atoms with Gasteiger partial charge in [0.15, 0.2) is 5.17 Å². The Kier molecular flexibility index (Phi) is 7.40. The molecule has 7 nitrogen and oxygen atoms in total. The van der Waals surface area contributed by atoms with Crippen molar-refractivity contribution in [1.29, 1.82) is 0 Å².